The lowest BCUT2D eigenvalue weighted by atomic mass is 10.1. The van der Waals surface area contributed by atoms with Crippen molar-refractivity contribution in [2.75, 3.05) is 0 Å². The van der Waals surface area contributed by atoms with Crippen LogP contribution in [0.3, 0.4) is 0 Å². The predicted molar refractivity (Wildman–Crippen MR) is 71.2 cm³/mol. The Morgan fingerprint density at radius 3 is 3.11 bits per heavy atom. The van der Waals surface area contributed by atoms with Gasteiger partial charge >= 0.3 is 0 Å². The zero-order chi connectivity index (χ0) is 12.4. The van der Waals surface area contributed by atoms with Crippen LogP contribution in [0, 0.1) is 5.92 Å². The standard InChI is InChI=1S/C14H20N4/c1-2-11-6-7-12(9-11)15-10-14-17-16-13-5-3-4-8-18(13)14/h3-5,8,11-12,15H,2,6-7,9-10H2,1H3. The Kier molecular flexibility index (Phi) is 3.28. The first-order valence-corrected chi connectivity index (χ1v) is 6.89. The van der Waals surface area contributed by atoms with Crippen LogP contribution in [0.2, 0.25) is 0 Å². The number of nitrogens with one attached hydrogen (secondary N) is 1. The number of aromatic nitrogens is 3. The number of pyridine rings is 1. The summed E-state index contributed by atoms with van der Waals surface area (Å²) in [5.74, 6) is 1.92. The lowest BCUT2D eigenvalue weighted by Crippen LogP contribution is -2.26. The molecule has 2 aromatic rings. The van der Waals surface area contributed by atoms with Crippen molar-refractivity contribution < 1.29 is 0 Å². The van der Waals surface area contributed by atoms with Crippen LogP contribution in [0.4, 0.5) is 0 Å². The lowest BCUT2D eigenvalue weighted by molar-refractivity contribution is 0.471. The maximum atomic E-state index is 4.25. The van der Waals surface area contributed by atoms with Gasteiger partial charge in [-0.1, -0.05) is 19.4 Å². The zero-order valence-corrected chi connectivity index (χ0v) is 10.8. The Labute approximate surface area is 107 Å². The van der Waals surface area contributed by atoms with Crippen molar-refractivity contribution in [2.24, 2.45) is 5.92 Å². The van der Waals surface area contributed by atoms with Crippen molar-refractivity contribution in [3.63, 3.8) is 0 Å². The Bertz CT molecular complexity index is 519. The average Bonchev–Trinajstić information content (AvgIpc) is 3.03. The van der Waals surface area contributed by atoms with E-state index in [1.54, 1.807) is 0 Å². The van der Waals surface area contributed by atoms with E-state index in [1.165, 1.54) is 25.7 Å². The summed E-state index contributed by atoms with van der Waals surface area (Å²) < 4.78 is 2.05. The molecule has 4 nitrogen and oxygen atoms in total. The number of hydrogen-bond acceptors (Lipinski definition) is 3. The zero-order valence-electron chi connectivity index (χ0n) is 10.8. The molecule has 18 heavy (non-hydrogen) atoms. The van der Waals surface area contributed by atoms with Gasteiger partial charge in [0.25, 0.3) is 0 Å². The molecule has 1 saturated carbocycles. The van der Waals surface area contributed by atoms with Gasteiger partial charge in [0.05, 0.1) is 6.54 Å². The molecule has 1 aliphatic rings. The van der Waals surface area contributed by atoms with Crippen molar-refractivity contribution in [1.82, 2.24) is 19.9 Å². The van der Waals surface area contributed by atoms with E-state index in [2.05, 4.69) is 26.8 Å². The number of fused-ring (bicyclic) bond motifs is 1. The first-order chi connectivity index (χ1) is 8.86. The second kappa shape index (κ2) is 5.06. The first-order valence-electron chi connectivity index (χ1n) is 6.89. The molecule has 4 heteroatoms. The largest absolute Gasteiger partial charge is 0.307 e. The van der Waals surface area contributed by atoms with Crippen LogP contribution < -0.4 is 5.32 Å². The molecule has 0 aromatic carbocycles. The molecule has 2 unspecified atom stereocenters. The van der Waals surface area contributed by atoms with Crippen molar-refractivity contribution in [1.29, 1.82) is 0 Å². The molecule has 2 heterocycles. The van der Waals surface area contributed by atoms with Crippen LogP contribution >= 0.6 is 0 Å². The van der Waals surface area contributed by atoms with E-state index in [0.717, 1.165) is 23.9 Å². The van der Waals surface area contributed by atoms with Crippen molar-refractivity contribution >= 4 is 5.65 Å². The smallest absolute Gasteiger partial charge is 0.160 e. The molecule has 2 atom stereocenters. The monoisotopic (exact) mass is 244 g/mol. The van der Waals surface area contributed by atoms with Gasteiger partial charge in [0.2, 0.25) is 0 Å². The van der Waals surface area contributed by atoms with Crippen LogP contribution in [0.5, 0.6) is 0 Å². The fourth-order valence-electron chi connectivity index (χ4n) is 2.88. The Balaban J connectivity index is 1.63. The molecule has 0 saturated heterocycles. The fraction of sp³-hybridized carbons (Fsp3) is 0.571. The molecule has 0 radical (unpaired) electrons. The van der Waals surface area contributed by atoms with Gasteiger partial charge in [0.1, 0.15) is 0 Å². The van der Waals surface area contributed by atoms with E-state index in [0.29, 0.717) is 6.04 Å². The van der Waals surface area contributed by atoms with Crippen molar-refractivity contribution in [3.8, 4) is 0 Å². The molecule has 1 aliphatic carbocycles. The van der Waals surface area contributed by atoms with E-state index in [4.69, 9.17) is 0 Å². The highest BCUT2D eigenvalue weighted by Gasteiger charge is 2.23. The summed E-state index contributed by atoms with van der Waals surface area (Å²) in [5.41, 5.74) is 0.923. The minimum absolute atomic E-state index is 0.658. The third-order valence-electron chi connectivity index (χ3n) is 4.05. The Morgan fingerprint density at radius 1 is 1.33 bits per heavy atom. The van der Waals surface area contributed by atoms with Gasteiger partial charge in [-0.05, 0) is 37.3 Å². The molecule has 2 aromatic heterocycles. The minimum atomic E-state index is 0.658. The maximum absolute atomic E-state index is 4.25. The first kappa shape index (κ1) is 11.7. The summed E-state index contributed by atoms with van der Waals surface area (Å²) in [7, 11) is 0. The van der Waals surface area contributed by atoms with E-state index in [1.807, 2.05) is 24.4 Å². The Hall–Kier alpha value is -1.42. The van der Waals surface area contributed by atoms with Gasteiger partial charge in [-0.3, -0.25) is 4.40 Å². The van der Waals surface area contributed by atoms with E-state index < -0.39 is 0 Å². The topological polar surface area (TPSA) is 42.2 Å². The second-order valence-electron chi connectivity index (χ2n) is 5.21. The van der Waals surface area contributed by atoms with Gasteiger partial charge < -0.3 is 5.32 Å². The molecule has 0 aliphatic heterocycles. The molecule has 1 fully saturated rings. The van der Waals surface area contributed by atoms with Crippen LogP contribution in [0.15, 0.2) is 24.4 Å². The number of rotatable bonds is 4. The summed E-state index contributed by atoms with van der Waals surface area (Å²) >= 11 is 0. The second-order valence-corrected chi connectivity index (χ2v) is 5.21. The van der Waals surface area contributed by atoms with Gasteiger partial charge in [0.15, 0.2) is 11.5 Å². The van der Waals surface area contributed by atoms with E-state index >= 15 is 0 Å². The molecular formula is C14H20N4. The van der Waals surface area contributed by atoms with Gasteiger partial charge in [0, 0.05) is 12.2 Å². The molecule has 96 valence electrons. The van der Waals surface area contributed by atoms with E-state index in [-0.39, 0.29) is 0 Å². The highest BCUT2D eigenvalue weighted by Crippen LogP contribution is 2.27. The summed E-state index contributed by atoms with van der Waals surface area (Å²) in [6, 6.07) is 6.65. The minimum Gasteiger partial charge on any atom is -0.307 e. The van der Waals surface area contributed by atoms with Crippen molar-refractivity contribution in [2.45, 2.75) is 45.2 Å². The summed E-state index contributed by atoms with van der Waals surface area (Å²) in [6.07, 6.45) is 7.32. The predicted octanol–water partition coefficient (Wildman–Crippen LogP) is 2.40. The molecule has 3 rings (SSSR count). The molecule has 1 N–H and O–H groups in total. The van der Waals surface area contributed by atoms with E-state index in [9.17, 15) is 0 Å². The third kappa shape index (κ3) is 2.25. The van der Waals surface area contributed by atoms with Crippen molar-refractivity contribution in [3.05, 3.63) is 30.2 Å². The summed E-state index contributed by atoms with van der Waals surface area (Å²) in [6.45, 7) is 3.10. The normalized spacial score (nSPS) is 23.8. The summed E-state index contributed by atoms with van der Waals surface area (Å²) in [4.78, 5) is 0. The quantitative estimate of drug-likeness (QED) is 0.898. The highest BCUT2D eigenvalue weighted by atomic mass is 15.3. The summed E-state index contributed by atoms with van der Waals surface area (Å²) in [5, 5.41) is 12.0. The van der Waals surface area contributed by atoms with Gasteiger partial charge in [-0.25, -0.2) is 0 Å². The third-order valence-corrected chi connectivity index (χ3v) is 4.05. The Morgan fingerprint density at radius 2 is 2.28 bits per heavy atom. The molecule has 0 spiro atoms. The molecular weight excluding hydrogens is 224 g/mol. The fourth-order valence-corrected chi connectivity index (χ4v) is 2.88. The van der Waals surface area contributed by atoms with Crippen LogP contribution in [0.1, 0.15) is 38.4 Å². The average molecular weight is 244 g/mol. The number of hydrogen-bond donors (Lipinski definition) is 1. The highest BCUT2D eigenvalue weighted by molar-refractivity contribution is 5.36. The van der Waals surface area contributed by atoms with Gasteiger partial charge in [-0.2, -0.15) is 0 Å². The lowest BCUT2D eigenvalue weighted by Gasteiger charge is -2.11. The maximum Gasteiger partial charge on any atom is 0.160 e. The van der Waals surface area contributed by atoms with Crippen LogP contribution in [0.25, 0.3) is 5.65 Å². The van der Waals surface area contributed by atoms with Gasteiger partial charge in [-0.15, -0.1) is 10.2 Å². The van der Waals surface area contributed by atoms with Crippen LogP contribution in [-0.2, 0) is 6.54 Å². The molecule has 0 bridgehead atoms. The number of nitrogens with zero attached hydrogens (tertiary/aromatic N) is 3. The SMILES string of the molecule is CCC1CCC(NCc2nnc3ccccn23)C1. The van der Waals surface area contributed by atoms with Crippen LogP contribution in [-0.4, -0.2) is 20.6 Å². The molecule has 0 amide bonds.